The first kappa shape index (κ1) is 38.3. The van der Waals surface area contributed by atoms with Crippen LogP contribution in [0.4, 0.5) is 68.2 Å². The summed E-state index contributed by atoms with van der Waals surface area (Å²) in [7, 11) is 0. The lowest BCUT2D eigenvalue weighted by Gasteiger charge is -2.32. The van der Waals surface area contributed by atoms with Crippen LogP contribution in [0.5, 0.6) is 0 Å². The molecule has 4 nitrogen and oxygen atoms in total. The molecule has 0 amide bonds. The molecule has 0 radical (unpaired) electrons. The smallest absolute Gasteiger partial charge is 0.0497 e. The number of nitrogens with zero attached hydrogens (tertiary/aromatic N) is 4. The largest absolute Gasteiger partial charge is 0.310 e. The molecule has 9 rings (SSSR count). The summed E-state index contributed by atoms with van der Waals surface area (Å²) in [4.78, 5) is 8.98. The number of hydrogen-bond donors (Lipinski definition) is 0. The fourth-order valence-electron chi connectivity index (χ4n) is 7.66. The molecule has 0 fully saturated rings. The molecular weight excluding hydrogens is 776 g/mol. The summed E-state index contributed by atoms with van der Waals surface area (Å²) >= 11 is 14.2. The van der Waals surface area contributed by atoms with Crippen LogP contribution in [0.1, 0.15) is 0 Å². The Balaban J connectivity index is 1.19. The molecule has 0 N–H and O–H groups in total. The highest BCUT2D eigenvalue weighted by molar-refractivity contribution is 6.31. The second-order valence-electron chi connectivity index (χ2n) is 14.2. The van der Waals surface area contributed by atoms with E-state index in [2.05, 4.69) is 202 Å². The molecule has 0 saturated heterocycles. The van der Waals surface area contributed by atoms with Crippen LogP contribution in [0.25, 0.3) is 0 Å². The van der Waals surface area contributed by atoms with Crippen molar-refractivity contribution in [2.45, 2.75) is 0 Å². The zero-order valence-corrected chi connectivity index (χ0v) is 34.2. The second-order valence-corrected chi connectivity index (χ2v) is 15.1. The molecule has 290 valence electrons. The van der Waals surface area contributed by atoms with Crippen molar-refractivity contribution < 1.29 is 0 Å². The first-order valence-electron chi connectivity index (χ1n) is 19.8. The molecule has 9 aromatic carbocycles. The third-order valence-electron chi connectivity index (χ3n) is 10.2. The fraction of sp³-hybridized carbons (Fsp3) is 0. The molecule has 0 unspecified atom stereocenters. The predicted molar refractivity (Wildman–Crippen MR) is 255 cm³/mol. The highest BCUT2D eigenvalue weighted by atomic mass is 35.5. The van der Waals surface area contributed by atoms with Crippen LogP contribution in [-0.2, 0) is 0 Å². The minimum atomic E-state index is 0.621. The van der Waals surface area contributed by atoms with Gasteiger partial charge in [0.05, 0.1) is 0 Å². The van der Waals surface area contributed by atoms with E-state index >= 15 is 0 Å². The predicted octanol–water partition coefficient (Wildman–Crippen LogP) is 16.9. The van der Waals surface area contributed by atoms with Crippen molar-refractivity contribution in [3.63, 3.8) is 0 Å². The van der Waals surface area contributed by atoms with E-state index in [1.165, 1.54) is 0 Å². The molecule has 0 aliphatic carbocycles. The van der Waals surface area contributed by atoms with Crippen molar-refractivity contribution in [2.24, 2.45) is 0 Å². The molecule has 0 aromatic heterocycles. The zero-order chi connectivity index (χ0) is 40.7. The molecule has 0 spiro atoms. The minimum Gasteiger partial charge on any atom is -0.310 e. The zero-order valence-electron chi connectivity index (χ0n) is 32.6. The monoisotopic (exact) mass is 814 g/mol. The molecule has 0 heterocycles. The Bertz CT molecular complexity index is 2520. The van der Waals surface area contributed by atoms with Gasteiger partial charge in [0, 0.05) is 78.3 Å². The van der Waals surface area contributed by atoms with Crippen LogP contribution in [0, 0.1) is 0 Å². The SMILES string of the molecule is Clc1cc(N(c2ccccc2)c2ccccc2)cc(N(c2ccccc2)c2cccc(N(c3ccccc3)c3cc(Cl)cc(N(c4ccccc4)c4ccccc4)c3)c2)c1. The molecule has 0 aliphatic rings. The molecular formula is C54H40Cl2N4. The summed E-state index contributed by atoms with van der Waals surface area (Å²) in [5.41, 5.74) is 11.7. The molecule has 6 heteroatoms. The first-order chi connectivity index (χ1) is 29.6. The molecule has 0 bridgehead atoms. The topological polar surface area (TPSA) is 13.0 Å². The fourth-order valence-corrected chi connectivity index (χ4v) is 8.10. The Morgan fingerprint density at radius 2 is 0.367 bits per heavy atom. The van der Waals surface area contributed by atoms with Crippen molar-refractivity contribution in [3.05, 3.63) is 253 Å². The van der Waals surface area contributed by atoms with Gasteiger partial charge >= 0.3 is 0 Å². The van der Waals surface area contributed by atoms with Gasteiger partial charge in [0.2, 0.25) is 0 Å². The van der Waals surface area contributed by atoms with Gasteiger partial charge in [-0.1, -0.05) is 138 Å². The van der Waals surface area contributed by atoms with Gasteiger partial charge in [-0.05, 0) is 127 Å². The summed E-state index contributed by atoms with van der Waals surface area (Å²) in [6.07, 6.45) is 0. The third kappa shape index (κ3) is 8.34. The lowest BCUT2D eigenvalue weighted by molar-refractivity contribution is 1.23. The lowest BCUT2D eigenvalue weighted by Crippen LogP contribution is -2.15. The summed E-state index contributed by atoms with van der Waals surface area (Å²) in [5.74, 6) is 0. The maximum absolute atomic E-state index is 7.10. The number of benzene rings is 9. The van der Waals surface area contributed by atoms with Crippen LogP contribution < -0.4 is 19.6 Å². The van der Waals surface area contributed by atoms with Crippen LogP contribution in [0.15, 0.2) is 243 Å². The van der Waals surface area contributed by atoms with Crippen molar-refractivity contribution in [1.29, 1.82) is 0 Å². The van der Waals surface area contributed by atoms with Crippen LogP contribution in [-0.4, -0.2) is 0 Å². The van der Waals surface area contributed by atoms with Crippen molar-refractivity contribution in [3.8, 4) is 0 Å². The first-order valence-corrected chi connectivity index (χ1v) is 20.6. The Hall–Kier alpha value is -7.24. The van der Waals surface area contributed by atoms with E-state index < -0.39 is 0 Å². The van der Waals surface area contributed by atoms with E-state index in [0.717, 1.165) is 68.2 Å². The normalized spacial score (nSPS) is 10.8. The highest BCUT2D eigenvalue weighted by Gasteiger charge is 2.22. The summed E-state index contributed by atoms with van der Waals surface area (Å²) < 4.78 is 0. The Morgan fingerprint density at radius 1 is 0.183 bits per heavy atom. The van der Waals surface area contributed by atoms with Crippen molar-refractivity contribution in [2.75, 3.05) is 19.6 Å². The Morgan fingerprint density at radius 3 is 0.600 bits per heavy atom. The minimum absolute atomic E-state index is 0.621. The number of anilines is 12. The van der Waals surface area contributed by atoms with Gasteiger partial charge in [0.25, 0.3) is 0 Å². The average Bonchev–Trinajstić information content (AvgIpc) is 3.29. The molecule has 0 saturated carbocycles. The van der Waals surface area contributed by atoms with Gasteiger partial charge in [-0.25, -0.2) is 0 Å². The lowest BCUT2D eigenvalue weighted by atomic mass is 10.1. The summed E-state index contributed by atoms with van der Waals surface area (Å²) in [6.45, 7) is 0. The van der Waals surface area contributed by atoms with Gasteiger partial charge in [-0.3, -0.25) is 0 Å². The quantitative estimate of drug-likeness (QED) is 0.122. The van der Waals surface area contributed by atoms with E-state index in [0.29, 0.717) is 10.0 Å². The number of hydrogen-bond acceptors (Lipinski definition) is 4. The van der Waals surface area contributed by atoms with E-state index in [4.69, 9.17) is 23.2 Å². The second kappa shape index (κ2) is 17.7. The molecule has 0 atom stereocenters. The van der Waals surface area contributed by atoms with E-state index in [9.17, 15) is 0 Å². The van der Waals surface area contributed by atoms with Crippen molar-refractivity contribution in [1.82, 2.24) is 0 Å². The van der Waals surface area contributed by atoms with Crippen LogP contribution in [0.3, 0.4) is 0 Å². The summed E-state index contributed by atoms with van der Waals surface area (Å²) in [6, 6.07) is 83.4. The third-order valence-corrected chi connectivity index (χ3v) is 10.6. The van der Waals surface area contributed by atoms with Gasteiger partial charge < -0.3 is 19.6 Å². The van der Waals surface area contributed by atoms with E-state index in [1.54, 1.807) is 0 Å². The van der Waals surface area contributed by atoms with Gasteiger partial charge in [0.15, 0.2) is 0 Å². The Labute approximate surface area is 362 Å². The molecule has 9 aromatic rings. The number of rotatable bonds is 12. The molecule has 60 heavy (non-hydrogen) atoms. The summed E-state index contributed by atoms with van der Waals surface area (Å²) in [5, 5.41) is 1.24. The average molecular weight is 816 g/mol. The number of para-hydroxylation sites is 6. The molecule has 0 aliphatic heterocycles. The standard InChI is InChI=1S/C54H40Cl2N4/c55-41-34-51(57(43-20-7-1-8-21-43)44-22-9-2-10-23-44)39-53(36-41)59(47-28-15-5-16-29-47)49-32-19-33-50(38-49)60(48-30-17-6-18-31-48)54-37-42(56)35-52(40-54)58(45-24-11-3-12-25-45)46-26-13-4-14-27-46/h1-40H. The van der Waals surface area contributed by atoms with Crippen LogP contribution >= 0.6 is 23.2 Å². The van der Waals surface area contributed by atoms with Crippen LogP contribution in [0.2, 0.25) is 10.0 Å². The van der Waals surface area contributed by atoms with E-state index in [1.807, 2.05) is 60.7 Å². The van der Waals surface area contributed by atoms with Gasteiger partial charge in [-0.2, -0.15) is 0 Å². The maximum Gasteiger partial charge on any atom is 0.0497 e. The van der Waals surface area contributed by atoms with Gasteiger partial charge in [-0.15, -0.1) is 0 Å². The number of halogens is 2. The Kier molecular flexibility index (Phi) is 11.3. The van der Waals surface area contributed by atoms with E-state index in [-0.39, 0.29) is 0 Å². The van der Waals surface area contributed by atoms with Crippen molar-refractivity contribution >= 4 is 91.5 Å². The van der Waals surface area contributed by atoms with Gasteiger partial charge in [0.1, 0.15) is 0 Å². The highest BCUT2D eigenvalue weighted by Crippen LogP contribution is 2.46. The maximum atomic E-state index is 7.10.